The lowest BCUT2D eigenvalue weighted by atomic mass is 9.78. The van der Waals surface area contributed by atoms with E-state index >= 15 is 0 Å². The fourth-order valence-corrected chi connectivity index (χ4v) is 4.53. The summed E-state index contributed by atoms with van der Waals surface area (Å²) in [7, 11) is 0. The molecule has 2 fully saturated rings. The summed E-state index contributed by atoms with van der Waals surface area (Å²) in [5.74, 6) is 1.95. The van der Waals surface area contributed by atoms with E-state index in [1.165, 1.54) is 18.6 Å². The zero-order valence-electron chi connectivity index (χ0n) is 14.2. The lowest BCUT2D eigenvalue weighted by molar-refractivity contribution is -0.149. The molecule has 0 saturated carbocycles. The molecule has 0 radical (unpaired) electrons. The molecule has 2 atom stereocenters. The average molecular weight is 316 g/mol. The van der Waals surface area contributed by atoms with E-state index in [0.717, 1.165) is 45.1 Å². The van der Waals surface area contributed by atoms with Crippen LogP contribution in [0.25, 0.3) is 0 Å². The molecule has 4 heteroatoms. The second-order valence-corrected chi connectivity index (χ2v) is 9.33. The molecular formula is C17H33NO2S. The summed E-state index contributed by atoms with van der Waals surface area (Å²) in [5.41, 5.74) is 0.112. The summed E-state index contributed by atoms with van der Waals surface area (Å²) in [4.78, 5) is 0. The van der Waals surface area contributed by atoms with Crippen LogP contribution in [0, 0.1) is 5.92 Å². The number of ether oxygens (including phenoxy) is 2. The van der Waals surface area contributed by atoms with Gasteiger partial charge in [0, 0.05) is 36.4 Å². The van der Waals surface area contributed by atoms with Crippen LogP contribution in [0.5, 0.6) is 0 Å². The standard InChI is InChI=1S/C17H33NO2S/c1-5-18-15(13-21-16(2,3)4)14-6-9-20-17(12-14)7-10-19-11-8-17/h14-15,18H,5-13H2,1-4H3. The Kier molecular flexibility index (Phi) is 6.42. The van der Waals surface area contributed by atoms with Crippen LogP contribution in [0.15, 0.2) is 0 Å². The van der Waals surface area contributed by atoms with Crippen molar-refractivity contribution in [3.05, 3.63) is 0 Å². The van der Waals surface area contributed by atoms with Crippen LogP contribution in [-0.4, -0.2) is 48.5 Å². The molecule has 2 unspecified atom stereocenters. The van der Waals surface area contributed by atoms with E-state index in [1.807, 2.05) is 0 Å². The number of hydrogen-bond donors (Lipinski definition) is 1. The minimum absolute atomic E-state index is 0.112. The van der Waals surface area contributed by atoms with Crippen LogP contribution in [0.3, 0.4) is 0 Å². The average Bonchev–Trinajstić information content (AvgIpc) is 2.43. The van der Waals surface area contributed by atoms with Gasteiger partial charge in [0.25, 0.3) is 0 Å². The van der Waals surface area contributed by atoms with E-state index in [0.29, 0.717) is 10.8 Å². The summed E-state index contributed by atoms with van der Waals surface area (Å²) in [6.07, 6.45) is 4.56. The van der Waals surface area contributed by atoms with Crippen LogP contribution >= 0.6 is 11.8 Å². The van der Waals surface area contributed by atoms with Crippen molar-refractivity contribution in [2.45, 2.75) is 69.8 Å². The first-order valence-electron chi connectivity index (χ1n) is 8.53. The monoisotopic (exact) mass is 315 g/mol. The molecule has 2 saturated heterocycles. The Labute approximate surface area is 134 Å². The van der Waals surface area contributed by atoms with Crippen molar-refractivity contribution < 1.29 is 9.47 Å². The maximum atomic E-state index is 6.20. The largest absolute Gasteiger partial charge is 0.381 e. The zero-order valence-corrected chi connectivity index (χ0v) is 15.1. The molecule has 2 rings (SSSR count). The van der Waals surface area contributed by atoms with E-state index in [9.17, 15) is 0 Å². The van der Waals surface area contributed by atoms with Crippen molar-refractivity contribution in [3.8, 4) is 0 Å². The Morgan fingerprint density at radius 2 is 1.95 bits per heavy atom. The van der Waals surface area contributed by atoms with Crippen LogP contribution in [0.1, 0.15) is 53.4 Å². The van der Waals surface area contributed by atoms with E-state index in [-0.39, 0.29) is 5.60 Å². The fraction of sp³-hybridized carbons (Fsp3) is 1.00. The number of hydrogen-bond acceptors (Lipinski definition) is 4. The van der Waals surface area contributed by atoms with E-state index in [1.54, 1.807) is 0 Å². The summed E-state index contributed by atoms with van der Waals surface area (Å²) in [6, 6.07) is 0.614. The predicted molar refractivity (Wildman–Crippen MR) is 91.1 cm³/mol. The normalized spacial score (nSPS) is 27.7. The SMILES string of the molecule is CCNC(CSC(C)(C)C)C1CCOC2(CCOCC2)C1. The highest BCUT2D eigenvalue weighted by Crippen LogP contribution is 2.39. The topological polar surface area (TPSA) is 30.5 Å². The third kappa shape index (κ3) is 5.42. The third-order valence-electron chi connectivity index (χ3n) is 4.67. The van der Waals surface area contributed by atoms with Gasteiger partial charge in [-0.05, 0) is 38.1 Å². The lowest BCUT2D eigenvalue weighted by Crippen LogP contribution is -2.50. The van der Waals surface area contributed by atoms with Crippen LogP contribution in [0.4, 0.5) is 0 Å². The van der Waals surface area contributed by atoms with Gasteiger partial charge in [0.05, 0.1) is 5.60 Å². The second kappa shape index (κ2) is 7.67. The number of nitrogens with one attached hydrogen (secondary N) is 1. The van der Waals surface area contributed by atoms with Crippen molar-refractivity contribution >= 4 is 11.8 Å². The van der Waals surface area contributed by atoms with Crippen molar-refractivity contribution in [2.24, 2.45) is 5.92 Å². The first-order valence-corrected chi connectivity index (χ1v) is 9.52. The van der Waals surface area contributed by atoms with Crippen molar-refractivity contribution in [2.75, 3.05) is 32.1 Å². The summed E-state index contributed by atoms with van der Waals surface area (Å²) < 4.78 is 12.1. The molecule has 0 aromatic carbocycles. The van der Waals surface area contributed by atoms with E-state index in [4.69, 9.17) is 9.47 Å². The van der Waals surface area contributed by atoms with Crippen molar-refractivity contribution in [3.63, 3.8) is 0 Å². The van der Waals surface area contributed by atoms with E-state index < -0.39 is 0 Å². The zero-order chi connectivity index (χ0) is 15.3. The van der Waals surface area contributed by atoms with Crippen molar-refractivity contribution in [1.82, 2.24) is 5.32 Å². The maximum Gasteiger partial charge on any atom is 0.0729 e. The maximum absolute atomic E-state index is 6.20. The van der Waals surface area contributed by atoms with Gasteiger partial charge in [-0.15, -0.1) is 0 Å². The quantitative estimate of drug-likeness (QED) is 0.841. The molecule has 2 heterocycles. The molecule has 0 aromatic rings. The van der Waals surface area contributed by atoms with E-state index in [2.05, 4.69) is 44.8 Å². The Hall–Kier alpha value is 0.230. The molecule has 1 N–H and O–H groups in total. The smallest absolute Gasteiger partial charge is 0.0729 e. The fourth-order valence-electron chi connectivity index (χ4n) is 3.46. The Bertz CT molecular complexity index is 305. The molecule has 0 amide bonds. The minimum Gasteiger partial charge on any atom is -0.381 e. The van der Waals surface area contributed by atoms with Gasteiger partial charge >= 0.3 is 0 Å². The van der Waals surface area contributed by atoms with Gasteiger partial charge in [-0.25, -0.2) is 0 Å². The molecule has 21 heavy (non-hydrogen) atoms. The number of thioether (sulfide) groups is 1. The van der Waals surface area contributed by atoms with Gasteiger partial charge in [-0.3, -0.25) is 0 Å². The van der Waals surface area contributed by atoms with Gasteiger partial charge in [-0.1, -0.05) is 27.7 Å². The van der Waals surface area contributed by atoms with Gasteiger partial charge in [0.2, 0.25) is 0 Å². The first-order chi connectivity index (χ1) is 9.94. The summed E-state index contributed by atoms with van der Waals surface area (Å²) in [6.45, 7) is 12.9. The third-order valence-corrected chi connectivity index (χ3v) is 6.06. The van der Waals surface area contributed by atoms with Crippen molar-refractivity contribution in [1.29, 1.82) is 0 Å². The molecule has 1 spiro atoms. The number of rotatable bonds is 5. The second-order valence-electron chi connectivity index (χ2n) is 7.48. The highest BCUT2D eigenvalue weighted by atomic mass is 32.2. The molecule has 2 aliphatic heterocycles. The summed E-state index contributed by atoms with van der Waals surface area (Å²) >= 11 is 2.08. The molecule has 3 nitrogen and oxygen atoms in total. The Morgan fingerprint density at radius 1 is 1.24 bits per heavy atom. The summed E-state index contributed by atoms with van der Waals surface area (Å²) in [5, 5.41) is 3.74. The van der Waals surface area contributed by atoms with Crippen LogP contribution < -0.4 is 5.32 Å². The molecule has 124 valence electrons. The lowest BCUT2D eigenvalue weighted by Gasteiger charge is -2.45. The molecule has 0 aliphatic carbocycles. The minimum atomic E-state index is 0.112. The first kappa shape index (κ1) is 17.6. The van der Waals surface area contributed by atoms with Crippen LogP contribution in [0.2, 0.25) is 0 Å². The molecular weight excluding hydrogens is 282 g/mol. The molecule has 0 bridgehead atoms. The predicted octanol–water partition coefficient (Wildman–Crippen LogP) is 3.47. The Morgan fingerprint density at radius 3 is 2.57 bits per heavy atom. The highest BCUT2D eigenvalue weighted by Gasteiger charge is 2.41. The van der Waals surface area contributed by atoms with Gasteiger partial charge in [-0.2, -0.15) is 11.8 Å². The molecule has 2 aliphatic rings. The highest BCUT2D eigenvalue weighted by molar-refractivity contribution is 8.00. The van der Waals surface area contributed by atoms with Gasteiger partial charge in [0.15, 0.2) is 0 Å². The molecule has 0 aromatic heterocycles. The van der Waals surface area contributed by atoms with Gasteiger partial charge < -0.3 is 14.8 Å². The Balaban J connectivity index is 1.95. The van der Waals surface area contributed by atoms with Crippen LogP contribution in [-0.2, 0) is 9.47 Å². The van der Waals surface area contributed by atoms with Gasteiger partial charge in [0.1, 0.15) is 0 Å².